The zero-order valence-corrected chi connectivity index (χ0v) is 13.1. The number of carboxylic acid groups (broad SMARTS) is 1. The number of hydrogen-bond acceptors (Lipinski definition) is 5. The van der Waals surface area contributed by atoms with E-state index in [9.17, 15) is 9.59 Å². The van der Waals surface area contributed by atoms with Crippen LogP contribution in [-0.4, -0.2) is 38.6 Å². The van der Waals surface area contributed by atoms with Gasteiger partial charge in [0.1, 0.15) is 18.0 Å². The minimum Gasteiger partial charge on any atom is -0.484 e. The lowest BCUT2D eigenvalue weighted by Crippen LogP contribution is -2.28. The van der Waals surface area contributed by atoms with Gasteiger partial charge in [0.15, 0.2) is 6.61 Å². The maximum Gasteiger partial charge on any atom is 0.325 e. The molecular formula is C14H15ClN4O4. The van der Waals surface area contributed by atoms with Crippen LogP contribution in [0.4, 0.5) is 0 Å². The van der Waals surface area contributed by atoms with Gasteiger partial charge in [0.25, 0.3) is 5.91 Å². The fraction of sp³-hybridized carbons (Fsp3) is 0.286. The number of hydrogen-bond donors (Lipinski definition) is 2. The minimum atomic E-state index is -1.02. The lowest BCUT2D eigenvalue weighted by Gasteiger charge is -2.07. The molecule has 0 atom stereocenters. The highest BCUT2D eigenvalue weighted by molar-refractivity contribution is 6.31. The molecule has 1 aromatic heterocycles. The van der Waals surface area contributed by atoms with Crippen molar-refractivity contribution in [2.75, 3.05) is 6.61 Å². The van der Waals surface area contributed by atoms with Crippen LogP contribution in [0.5, 0.6) is 5.75 Å². The molecule has 0 bridgehead atoms. The third-order valence-corrected chi connectivity index (χ3v) is 3.27. The first kappa shape index (κ1) is 16.8. The fourth-order valence-electron chi connectivity index (χ4n) is 1.73. The predicted octanol–water partition coefficient (Wildman–Crippen LogP) is 1.02. The highest BCUT2D eigenvalue weighted by Gasteiger charge is 2.07. The van der Waals surface area contributed by atoms with E-state index >= 15 is 0 Å². The Morgan fingerprint density at radius 3 is 2.91 bits per heavy atom. The number of rotatable bonds is 7. The minimum absolute atomic E-state index is 0.140. The van der Waals surface area contributed by atoms with Gasteiger partial charge in [-0.25, -0.2) is 4.68 Å². The van der Waals surface area contributed by atoms with Crippen molar-refractivity contribution >= 4 is 23.5 Å². The molecule has 0 unspecified atom stereocenters. The number of aromatic nitrogens is 3. The number of ether oxygens (including phenoxy) is 1. The highest BCUT2D eigenvalue weighted by Crippen LogP contribution is 2.20. The van der Waals surface area contributed by atoms with E-state index in [0.717, 1.165) is 5.56 Å². The molecule has 2 rings (SSSR count). The van der Waals surface area contributed by atoms with Crippen LogP contribution in [0.2, 0.25) is 5.02 Å². The van der Waals surface area contributed by atoms with Gasteiger partial charge in [-0.1, -0.05) is 16.8 Å². The van der Waals surface area contributed by atoms with Crippen molar-refractivity contribution in [1.82, 2.24) is 20.3 Å². The van der Waals surface area contributed by atoms with Gasteiger partial charge >= 0.3 is 5.97 Å². The number of carbonyl (C=O) groups excluding carboxylic acids is 1. The van der Waals surface area contributed by atoms with Gasteiger partial charge < -0.3 is 15.2 Å². The first-order valence-corrected chi connectivity index (χ1v) is 7.08. The molecule has 8 nitrogen and oxygen atoms in total. The Kier molecular flexibility index (Phi) is 5.53. The molecule has 2 N–H and O–H groups in total. The van der Waals surface area contributed by atoms with Crippen molar-refractivity contribution in [1.29, 1.82) is 0 Å². The third kappa shape index (κ3) is 5.26. The summed E-state index contributed by atoms with van der Waals surface area (Å²) in [6.45, 7) is 1.56. The summed E-state index contributed by atoms with van der Waals surface area (Å²) in [5.41, 5.74) is 1.32. The topological polar surface area (TPSA) is 106 Å². The summed E-state index contributed by atoms with van der Waals surface area (Å²) in [5, 5.41) is 19.3. The number of halogens is 1. The highest BCUT2D eigenvalue weighted by atomic mass is 35.5. The van der Waals surface area contributed by atoms with Gasteiger partial charge in [0.05, 0.1) is 12.7 Å². The number of carbonyl (C=O) groups is 2. The van der Waals surface area contributed by atoms with Gasteiger partial charge in [0.2, 0.25) is 0 Å². The smallest absolute Gasteiger partial charge is 0.325 e. The molecule has 9 heteroatoms. The Hall–Kier alpha value is -2.61. The Morgan fingerprint density at radius 2 is 2.22 bits per heavy atom. The summed E-state index contributed by atoms with van der Waals surface area (Å²) < 4.78 is 6.54. The summed E-state index contributed by atoms with van der Waals surface area (Å²) in [5.74, 6) is -0.794. The number of aliphatic carboxylic acids is 1. The van der Waals surface area contributed by atoms with E-state index in [2.05, 4.69) is 15.6 Å². The van der Waals surface area contributed by atoms with E-state index in [0.29, 0.717) is 16.5 Å². The number of benzene rings is 1. The van der Waals surface area contributed by atoms with Crippen LogP contribution >= 0.6 is 11.6 Å². The maximum atomic E-state index is 11.7. The monoisotopic (exact) mass is 338 g/mol. The molecule has 1 heterocycles. The van der Waals surface area contributed by atoms with Crippen molar-refractivity contribution in [2.45, 2.75) is 20.0 Å². The molecule has 122 valence electrons. The average molecular weight is 339 g/mol. The van der Waals surface area contributed by atoms with Crippen molar-refractivity contribution in [3.8, 4) is 5.75 Å². The molecule has 23 heavy (non-hydrogen) atoms. The van der Waals surface area contributed by atoms with E-state index in [4.69, 9.17) is 21.4 Å². The van der Waals surface area contributed by atoms with E-state index < -0.39 is 5.97 Å². The number of aryl methyl sites for hydroxylation is 1. The Labute approximate surface area is 137 Å². The van der Waals surface area contributed by atoms with Crippen LogP contribution < -0.4 is 10.1 Å². The molecule has 0 aliphatic rings. The first-order chi connectivity index (χ1) is 10.9. The standard InChI is InChI=1S/C14H15ClN4O4/c1-9-4-11(2-3-12(9)15)23-8-13(20)16-5-10-6-19(18-17-10)7-14(21)22/h2-4,6H,5,7-8H2,1H3,(H,16,20)(H,21,22). The zero-order valence-electron chi connectivity index (χ0n) is 12.3. The van der Waals surface area contributed by atoms with Crippen LogP contribution in [0.15, 0.2) is 24.4 Å². The summed E-state index contributed by atoms with van der Waals surface area (Å²) >= 11 is 5.91. The fourth-order valence-corrected chi connectivity index (χ4v) is 1.85. The van der Waals surface area contributed by atoms with Gasteiger partial charge in [-0.2, -0.15) is 0 Å². The average Bonchev–Trinajstić information content (AvgIpc) is 2.93. The molecule has 2 aromatic rings. The van der Waals surface area contributed by atoms with Gasteiger partial charge in [-0.3, -0.25) is 9.59 Å². The van der Waals surface area contributed by atoms with Crippen LogP contribution in [0.1, 0.15) is 11.3 Å². The second-order valence-corrected chi connectivity index (χ2v) is 5.18. The summed E-state index contributed by atoms with van der Waals surface area (Å²) in [6, 6.07) is 5.12. The molecule has 0 spiro atoms. The number of nitrogens with one attached hydrogen (secondary N) is 1. The van der Waals surface area contributed by atoms with E-state index in [-0.39, 0.29) is 25.6 Å². The van der Waals surface area contributed by atoms with Crippen LogP contribution in [-0.2, 0) is 22.7 Å². The molecule has 1 aromatic carbocycles. The first-order valence-electron chi connectivity index (χ1n) is 6.70. The van der Waals surface area contributed by atoms with Crippen LogP contribution in [0.25, 0.3) is 0 Å². The molecule has 0 saturated carbocycles. The van der Waals surface area contributed by atoms with Crippen molar-refractivity contribution in [3.63, 3.8) is 0 Å². The van der Waals surface area contributed by atoms with Gasteiger partial charge in [0, 0.05) is 5.02 Å². The molecule has 0 radical (unpaired) electrons. The van der Waals surface area contributed by atoms with Crippen molar-refractivity contribution in [2.24, 2.45) is 0 Å². The van der Waals surface area contributed by atoms with E-state index in [1.807, 2.05) is 6.92 Å². The third-order valence-electron chi connectivity index (χ3n) is 2.85. The molecule has 1 amide bonds. The van der Waals surface area contributed by atoms with E-state index in [1.54, 1.807) is 18.2 Å². The van der Waals surface area contributed by atoms with Gasteiger partial charge in [-0.15, -0.1) is 5.10 Å². The lowest BCUT2D eigenvalue weighted by molar-refractivity contribution is -0.138. The molecule has 0 fully saturated rings. The Balaban J connectivity index is 1.77. The van der Waals surface area contributed by atoms with Gasteiger partial charge in [-0.05, 0) is 30.7 Å². The molecular weight excluding hydrogens is 324 g/mol. The normalized spacial score (nSPS) is 10.3. The second kappa shape index (κ2) is 7.59. The van der Waals surface area contributed by atoms with E-state index in [1.165, 1.54) is 10.9 Å². The van der Waals surface area contributed by atoms with Crippen LogP contribution in [0, 0.1) is 6.92 Å². The largest absolute Gasteiger partial charge is 0.484 e. The molecule has 0 aliphatic carbocycles. The predicted molar refractivity (Wildman–Crippen MR) is 81.2 cm³/mol. The quantitative estimate of drug-likeness (QED) is 0.780. The second-order valence-electron chi connectivity index (χ2n) is 4.78. The summed E-state index contributed by atoms with van der Waals surface area (Å²) in [4.78, 5) is 22.2. The number of carboxylic acids is 1. The number of nitrogens with zero attached hydrogens (tertiary/aromatic N) is 3. The molecule has 0 aliphatic heterocycles. The Morgan fingerprint density at radius 1 is 1.43 bits per heavy atom. The van der Waals surface area contributed by atoms with Crippen molar-refractivity contribution in [3.05, 3.63) is 40.7 Å². The molecule has 0 saturated heterocycles. The zero-order chi connectivity index (χ0) is 16.8. The lowest BCUT2D eigenvalue weighted by atomic mass is 10.2. The van der Waals surface area contributed by atoms with Crippen molar-refractivity contribution < 1.29 is 19.4 Å². The summed E-state index contributed by atoms with van der Waals surface area (Å²) in [6.07, 6.45) is 1.46. The Bertz CT molecular complexity index is 717. The van der Waals surface area contributed by atoms with Crippen LogP contribution in [0.3, 0.4) is 0 Å². The SMILES string of the molecule is Cc1cc(OCC(=O)NCc2cn(CC(=O)O)nn2)ccc1Cl. The number of amides is 1. The maximum absolute atomic E-state index is 11.7. The summed E-state index contributed by atoms with van der Waals surface area (Å²) in [7, 11) is 0.